The predicted octanol–water partition coefficient (Wildman–Crippen LogP) is 2.88. The number of benzene rings is 1. The summed E-state index contributed by atoms with van der Waals surface area (Å²) in [6.45, 7) is 7.25. The Morgan fingerprint density at radius 1 is 1.19 bits per heavy atom. The molecular formula is C15H20N5S+. The third-order valence-electron chi connectivity index (χ3n) is 3.58. The molecule has 21 heavy (non-hydrogen) atoms. The second-order valence-electron chi connectivity index (χ2n) is 4.93. The van der Waals surface area contributed by atoms with Crippen LogP contribution >= 0.6 is 11.3 Å². The lowest BCUT2D eigenvalue weighted by molar-refractivity contribution is -0.676. The first-order chi connectivity index (χ1) is 10.4. The van der Waals surface area contributed by atoms with Gasteiger partial charge in [-0.15, -0.1) is 0 Å². The van der Waals surface area contributed by atoms with Gasteiger partial charge in [0.25, 0.3) is 0 Å². The molecule has 5 nitrogen and oxygen atoms in total. The Kier molecular flexibility index (Phi) is 4.57. The average molecular weight is 302 g/mol. The highest BCUT2D eigenvalue weighted by molar-refractivity contribution is 7.12. The van der Waals surface area contributed by atoms with E-state index in [-0.39, 0.29) is 0 Å². The Hall–Kier alpha value is -1.79. The summed E-state index contributed by atoms with van der Waals surface area (Å²) in [5.74, 6) is 0. The van der Waals surface area contributed by atoms with Crippen LogP contribution in [0.15, 0.2) is 46.1 Å². The SMILES string of the molecule is CC[n+]1ccsc1/N=N/c1ccc(N2CCNCC2)cc1. The minimum absolute atomic E-state index is 0.893. The number of thiazole rings is 1. The lowest BCUT2D eigenvalue weighted by atomic mass is 10.2. The summed E-state index contributed by atoms with van der Waals surface area (Å²) in [7, 11) is 0. The van der Waals surface area contributed by atoms with Crippen LogP contribution in [-0.2, 0) is 6.54 Å². The van der Waals surface area contributed by atoms with E-state index in [9.17, 15) is 0 Å². The molecule has 0 aliphatic carbocycles. The van der Waals surface area contributed by atoms with Crippen LogP contribution in [0.1, 0.15) is 6.92 Å². The molecule has 0 bridgehead atoms. The van der Waals surface area contributed by atoms with E-state index in [1.807, 2.05) is 23.7 Å². The number of piperazine rings is 1. The Morgan fingerprint density at radius 2 is 1.95 bits per heavy atom. The molecule has 1 saturated heterocycles. The van der Waals surface area contributed by atoms with Gasteiger partial charge in [0.1, 0.15) is 11.9 Å². The van der Waals surface area contributed by atoms with Gasteiger partial charge in [-0.05, 0) is 47.6 Å². The summed E-state index contributed by atoms with van der Waals surface area (Å²) in [6.07, 6.45) is 2.03. The number of rotatable bonds is 4. The predicted molar refractivity (Wildman–Crippen MR) is 85.9 cm³/mol. The molecule has 1 aliphatic rings. The maximum absolute atomic E-state index is 4.33. The minimum Gasteiger partial charge on any atom is -0.369 e. The lowest BCUT2D eigenvalue weighted by Gasteiger charge is -2.29. The van der Waals surface area contributed by atoms with E-state index in [0.717, 1.165) is 43.5 Å². The third-order valence-corrected chi connectivity index (χ3v) is 4.37. The molecule has 2 heterocycles. The van der Waals surface area contributed by atoms with Crippen molar-refractivity contribution in [1.29, 1.82) is 0 Å². The second-order valence-corrected chi connectivity index (χ2v) is 5.80. The summed E-state index contributed by atoms with van der Waals surface area (Å²) < 4.78 is 2.09. The highest BCUT2D eigenvalue weighted by Crippen LogP contribution is 2.22. The van der Waals surface area contributed by atoms with Gasteiger partial charge in [-0.3, -0.25) is 0 Å². The number of azo groups is 1. The molecule has 0 atom stereocenters. The Balaban J connectivity index is 1.69. The van der Waals surface area contributed by atoms with E-state index in [4.69, 9.17) is 0 Å². The second kappa shape index (κ2) is 6.78. The fourth-order valence-electron chi connectivity index (χ4n) is 2.37. The highest BCUT2D eigenvalue weighted by Gasteiger charge is 2.11. The van der Waals surface area contributed by atoms with Crippen LogP contribution in [0.25, 0.3) is 0 Å². The van der Waals surface area contributed by atoms with E-state index in [0.29, 0.717) is 0 Å². The lowest BCUT2D eigenvalue weighted by Crippen LogP contribution is -2.43. The van der Waals surface area contributed by atoms with Gasteiger partial charge in [-0.1, -0.05) is 0 Å². The number of hydrogen-bond acceptors (Lipinski definition) is 5. The summed E-state index contributed by atoms with van der Waals surface area (Å²) >= 11 is 1.61. The number of nitrogens with one attached hydrogen (secondary N) is 1. The van der Waals surface area contributed by atoms with Gasteiger partial charge in [0, 0.05) is 37.2 Å². The van der Waals surface area contributed by atoms with Crippen molar-refractivity contribution in [3.05, 3.63) is 35.8 Å². The Bertz CT molecular complexity index is 599. The summed E-state index contributed by atoms with van der Waals surface area (Å²) in [6, 6.07) is 8.32. The van der Waals surface area contributed by atoms with Crippen LogP contribution in [0.4, 0.5) is 16.5 Å². The first kappa shape index (κ1) is 14.2. The van der Waals surface area contributed by atoms with Crippen LogP contribution in [0.3, 0.4) is 0 Å². The Labute approximate surface area is 128 Å². The zero-order valence-electron chi connectivity index (χ0n) is 12.2. The number of hydrogen-bond donors (Lipinski definition) is 1. The topological polar surface area (TPSA) is 43.9 Å². The number of aromatic nitrogens is 1. The Morgan fingerprint density at radius 3 is 2.67 bits per heavy atom. The van der Waals surface area contributed by atoms with Gasteiger partial charge in [0.2, 0.25) is 0 Å². The molecule has 1 aromatic heterocycles. The summed E-state index contributed by atoms with van der Waals surface area (Å²) in [5.41, 5.74) is 2.15. The van der Waals surface area contributed by atoms with E-state index in [1.165, 1.54) is 5.69 Å². The van der Waals surface area contributed by atoms with Crippen LogP contribution < -0.4 is 14.8 Å². The van der Waals surface area contributed by atoms with Gasteiger partial charge in [-0.25, -0.2) is 4.57 Å². The molecule has 0 radical (unpaired) electrons. The van der Waals surface area contributed by atoms with Crippen molar-refractivity contribution < 1.29 is 4.57 Å². The molecule has 0 amide bonds. The van der Waals surface area contributed by atoms with Gasteiger partial charge in [-0.2, -0.15) is 0 Å². The maximum atomic E-state index is 4.33. The van der Waals surface area contributed by atoms with Crippen molar-refractivity contribution in [3.8, 4) is 0 Å². The highest BCUT2D eigenvalue weighted by atomic mass is 32.1. The molecule has 1 N–H and O–H groups in total. The standard InChI is InChI=1S/C15H20N5S/c1-2-19-11-12-21-15(19)18-17-13-3-5-14(6-4-13)20-9-7-16-8-10-20/h3-6,11-12,16H,2,7-10H2,1H3/q+1. The fourth-order valence-corrected chi connectivity index (χ4v) is 3.11. The zero-order valence-corrected chi connectivity index (χ0v) is 13.0. The number of nitrogens with zero attached hydrogens (tertiary/aromatic N) is 4. The first-order valence-corrected chi connectivity index (χ1v) is 8.19. The summed E-state index contributed by atoms with van der Waals surface area (Å²) in [4.78, 5) is 2.39. The van der Waals surface area contributed by atoms with Crippen LogP contribution in [-0.4, -0.2) is 26.2 Å². The fraction of sp³-hybridized carbons (Fsp3) is 0.400. The first-order valence-electron chi connectivity index (χ1n) is 7.31. The van der Waals surface area contributed by atoms with E-state index < -0.39 is 0 Å². The maximum Gasteiger partial charge on any atom is 0.408 e. The zero-order chi connectivity index (χ0) is 14.5. The molecular weight excluding hydrogens is 282 g/mol. The van der Waals surface area contributed by atoms with E-state index in [1.54, 1.807) is 11.3 Å². The molecule has 1 fully saturated rings. The minimum atomic E-state index is 0.893. The van der Waals surface area contributed by atoms with Crippen molar-refractivity contribution in [2.24, 2.45) is 10.2 Å². The van der Waals surface area contributed by atoms with E-state index in [2.05, 4.69) is 44.1 Å². The molecule has 2 aromatic rings. The third kappa shape index (κ3) is 3.46. The largest absolute Gasteiger partial charge is 0.408 e. The van der Waals surface area contributed by atoms with Crippen molar-refractivity contribution in [2.45, 2.75) is 13.5 Å². The van der Waals surface area contributed by atoms with Crippen molar-refractivity contribution in [2.75, 3.05) is 31.1 Å². The molecule has 0 unspecified atom stereocenters. The van der Waals surface area contributed by atoms with Gasteiger partial charge < -0.3 is 10.2 Å². The molecule has 3 rings (SSSR count). The van der Waals surface area contributed by atoms with Crippen LogP contribution in [0.2, 0.25) is 0 Å². The quantitative estimate of drug-likeness (QED) is 0.697. The average Bonchev–Trinajstić information content (AvgIpc) is 3.02. The molecule has 1 aliphatic heterocycles. The summed E-state index contributed by atoms with van der Waals surface area (Å²) in [5, 5.41) is 15.0. The van der Waals surface area contributed by atoms with Gasteiger partial charge in [0.15, 0.2) is 0 Å². The van der Waals surface area contributed by atoms with Crippen LogP contribution in [0, 0.1) is 0 Å². The number of anilines is 1. The molecule has 6 heteroatoms. The smallest absolute Gasteiger partial charge is 0.369 e. The van der Waals surface area contributed by atoms with E-state index >= 15 is 0 Å². The van der Waals surface area contributed by atoms with Crippen molar-refractivity contribution in [3.63, 3.8) is 0 Å². The number of aryl methyl sites for hydroxylation is 1. The molecule has 110 valence electrons. The van der Waals surface area contributed by atoms with Crippen molar-refractivity contribution in [1.82, 2.24) is 5.32 Å². The molecule has 0 spiro atoms. The van der Waals surface area contributed by atoms with Crippen LogP contribution in [0.5, 0.6) is 0 Å². The van der Waals surface area contributed by atoms with Gasteiger partial charge >= 0.3 is 5.13 Å². The molecule has 1 aromatic carbocycles. The molecule has 0 saturated carbocycles. The monoisotopic (exact) mass is 302 g/mol. The van der Waals surface area contributed by atoms with Crippen molar-refractivity contribution >= 4 is 27.8 Å². The van der Waals surface area contributed by atoms with Gasteiger partial charge in [0.05, 0.1) is 11.7 Å². The normalized spacial score (nSPS) is 15.8.